The van der Waals surface area contributed by atoms with E-state index in [1.165, 1.54) is 0 Å². The van der Waals surface area contributed by atoms with Crippen LogP contribution in [0, 0.1) is 11.8 Å². The average Bonchev–Trinajstić information content (AvgIpc) is 2.87. The number of hydrogen-bond donors (Lipinski definition) is 1. The van der Waals surface area contributed by atoms with Crippen molar-refractivity contribution < 1.29 is 14.7 Å². The van der Waals surface area contributed by atoms with Gasteiger partial charge in [0.1, 0.15) is 6.04 Å². The Balaban J connectivity index is 2.19. The van der Waals surface area contributed by atoms with Crippen molar-refractivity contribution in [3.8, 4) is 0 Å². The predicted octanol–water partition coefficient (Wildman–Crippen LogP) is 2.02. The van der Waals surface area contributed by atoms with E-state index < -0.39 is 12.0 Å². The van der Waals surface area contributed by atoms with Gasteiger partial charge in [-0.25, -0.2) is 9.59 Å². The fourth-order valence-electron chi connectivity index (χ4n) is 3.71. The smallest absolute Gasteiger partial charge is 0.326 e. The molecule has 3 unspecified atom stereocenters. The first-order chi connectivity index (χ1) is 8.97. The monoisotopic (exact) mass is 268 g/mol. The highest BCUT2D eigenvalue weighted by Crippen LogP contribution is 2.42. The second kappa shape index (κ2) is 5.39. The van der Waals surface area contributed by atoms with Crippen molar-refractivity contribution in [2.75, 3.05) is 13.1 Å². The highest BCUT2D eigenvalue weighted by Gasteiger charge is 2.50. The van der Waals surface area contributed by atoms with Crippen LogP contribution in [0.2, 0.25) is 0 Å². The van der Waals surface area contributed by atoms with Gasteiger partial charge < -0.3 is 14.9 Å². The SMILES string of the molecule is CCN(C(=O)N1CC2CCCC2C1C(=O)O)C(C)C. The lowest BCUT2D eigenvalue weighted by Crippen LogP contribution is -2.51. The van der Waals surface area contributed by atoms with Crippen molar-refractivity contribution in [1.82, 2.24) is 9.80 Å². The molecule has 5 heteroatoms. The summed E-state index contributed by atoms with van der Waals surface area (Å²) in [5, 5.41) is 9.46. The zero-order chi connectivity index (χ0) is 14.2. The third-order valence-corrected chi connectivity index (χ3v) is 4.60. The summed E-state index contributed by atoms with van der Waals surface area (Å²) >= 11 is 0. The molecule has 2 amide bonds. The number of amides is 2. The largest absolute Gasteiger partial charge is 0.480 e. The van der Waals surface area contributed by atoms with Crippen LogP contribution in [0.4, 0.5) is 4.79 Å². The van der Waals surface area contributed by atoms with Crippen LogP contribution in [0.5, 0.6) is 0 Å². The molecule has 2 rings (SSSR count). The Hall–Kier alpha value is -1.26. The molecule has 1 heterocycles. The van der Waals surface area contributed by atoms with Gasteiger partial charge in [0, 0.05) is 19.1 Å². The van der Waals surface area contributed by atoms with Crippen LogP contribution in [-0.4, -0.2) is 52.1 Å². The number of carbonyl (C=O) groups is 2. The molecule has 1 aliphatic heterocycles. The van der Waals surface area contributed by atoms with Gasteiger partial charge in [-0.15, -0.1) is 0 Å². The number of carboxylic acids is 1. The number of hydrogen-bond acceptors (Lipinski definition) is 2. The standard InChI is InChI=1S/C14H24N2O3/c1-4-15(9(2)3)14(19)16-8-10-6-5-7-11(10)12(16)13(17)18/h9-12H,4-8H2,1-3H3,(H,17,18). The van der Waals surface area contributed by atoms with Crippen molar-refractivity contribution in [3.05, 3.63) is 0 Å². The quantitative estimate of drug-likeness (QED) is 0.852. The number of carboxylic acid groups (broad SMARTS) is 1. The fourth-order valence-corrected chi connectivity index (χ4v) is 3.71. The van der Waals surface area contributed by atoms with E-state index in [1.807, 2.05) is 20.8 Å². The van der Waals surface area contributed by atoms with Crippen molar-refractivity contribution in [2.45, 2.75) is 52.1 Å². The molecule has 1 saturated carbocycles. The van der Waals surface area contributed by atoms with E-state index in [1.54, 1.807) is 9.80 Å². The number of urea groups is 1. The zero-order valence-corrected chi connectivity index (χ0v) is 12.0. The molecule has 0 radical (unpaired) electrons. The molecular weight excluding hydrogens is 244 g/mol. The molecule has 2 aliphatic rings. The predicted molar refractivity (Wildman–Crippen MR) is 71.9 cm³/mol. The van der Waals surface area contributed by atoms with Crippen molar-refractivity contribution in [3.63, 3.8) is 0 Å². The minimum atomic E-state index is -0.845. The molecule has 5 nitrogen and oxygen atoms in total. The van der Waals surface area contributed by atoms with Gasteiger partial charge in [-0.2, -0.15) is 0 Å². The Bertz CT molecular complexity index is 370. The van der Waals surface area contributed by atoms with Crippen LogP contribution in [0.1, 0.15) is 40.0 Å². The summed E-state index contributed by atoms with van der Waals surface area (Å²) in [7, 11) is 0. The van der Waals surface area contributed by atoms with Crippen LogP contribution in [0.25, 0.3) is 0 Å². The van der Waals surface area contributed by atoms with Crippen LogP contribution in [-0.2, 0) is 4.79 Å². The average molecular weight is 268 g/mol. The molecule has 0 aromatic rings. The molecule has 2 fully saturated rings. The highest BCUT2D eigenvalue weighted by molar-refractivity contribution is 5.84. The van der Waals surface area contributed by atoms with E-state index in [0.717, 1.165) is 19.3 Å². The van der Waals surface area contributed by atoms with Gasteiger partial charge in [-0.3, -0.25) is 0 Å². The zero-order valence-electron chi connectivity index (χ0n) is 12.0. The third-order valence-electron chi connectivity index (χ3n) is 4.60. The van der Waals surface area contributed by atoms with Crippen molar-refractivity contribution in [2.24, 2.45) is 11.8 Å². The number of carbonyl (C=O) groups excluding carboxylic acids is 1. The van der Waals surface area contributed by atoms with E-state index in [2.05, 4.69) is 0 Å². The van der Waals surface area contributed by atoms with E-state index in [0.29, 0.717) is 19.0 Å². The molecule has 0 bridgehead atoms. The van der Waals surface area contributed by atoms with Crippen molar-refractivity contribution in [1.29, 1.82) is 0 Å². The Morgan fingerprint density at radius 2 is 2.05 bits per heavy atom. The second-order valence-electron chi connectivity index (χ2n) is 5.95. The summed E-state index contributed by atoms with van der Waals surface area (Å²) in [4.78, 5) is 27.4. The van der Waals surface area contributed by atoms with Gasteiger partial charge in [0.15, 0.2) is 0 Å². The minimum Gasteiger partial charge on any atom is -0.480 e. The molecule has 108 valence electrons. The lowest BCUT2D eigenvalue weighted by atomic mass is 9.94. The first-order valence-electron chi connectivity index (χ1n) is 7.27. The highest BCUT2D eigenvalue weighted by atomic mass is 16.4. The van der Waals surface area contributed by atoms with Gasteiger partial charge in [0.05, 0.1) is 0 Å². The number of nitrogens with zero attached hydrogens (tertiary/aromatic N) is 2. The van der Waals surface area contributed by atoms with Gasteiger partial charge in [-0.05, 0) is 45.4 Å². The maximum atomic E-state index is 12.6. The Morgan fingerprint density at radius 3 is 2.58 bits per heavy atom. The fraction of sp³-hybridized carbons (Fsp3) is 0.857. The molecule has 19 heavy (non-hydrogen) atoms. The molecule has 0 spiro atoms. The summed E-state index contributed by atoms with van der Waals surface area (Å²) in [5.74, 6) is -0.300. The summed E-state index contributed by atoms with van der Waals surface area (Å²) in [5.41, 5.74) is 0. The topological polar surface area (TPSA) is 60.9 Å². The number of rotatable bonds is 3. The first kappa shape index (κ1) is 14.2. The molecule has 1 aliphatic carbocycles. The number of fused-ring (bicyclic) bond motifs is 1. The Morgan fingerprint density at radius 1 is 1.37 bits per heavy atom. The molecule has 1 N–H and O–H groups in total. The van der Waals surface area contributed by atoms with Gasteiger partial charge in [0.25, 0.3) is 0 Å². The minimum absolute atomic E-state index is 0.104. The lowest BCUT2D eigenvalue weighted by molar-refractivity contribution is -0.142. The van der Waals surface area contributed by atoms with E-state index in [9.17, 15) is 14.7 Å². The summed E-state index contributed by atoms with van der Waals surface area (Å²) in [6, 6.07) is -0.625. The summed E-state index contributed by atoms with van der Waals surface area (Å²) in [6.45, 7) is 7.10. The van der Waals surface area contributed by atoms with Crippen LogP contribution in [0.3, 0.4) is 0 Å². The summed E-state index contributed by atoms with van der Waals surface area (Å²) in [6.07, 6.45) is 3.11. The Labute approximate surface area is 114 Å². The molecule has 3 atom stereocenters. The van der Waals surface area contributed by atoms with E-state index >= 15 is 0 Å². The van der Waals surface area contributed by atoms with Crippen LogP contribution >= 0.6 is 0 Å². The lowest BCUT2D eigenvalue weighted by Gasteiger charge is -2.33. The summed E-state index contributed by atoms with van der Waals surface area (Å²) < 4.78 is 0. The van der Waals surface area contributed by atoms with Gasteiger partial charge in [0.2, 0.25) is 0 Å². The normalized spacial score (nSPS) is 29.7. The molecule has 0 aromatic carbocycles. The van der Waals surface area contributed by atoms with Gasteiger partial charge >= 0.3 is 12.0 Å². The van der Waals surface area contributed by atoms with Crippen LogP contribution in [0.15, 0.2) is 0 Å². The maximum Gasteiger partial charge on any atom is 0.326 e. The van der Waals surface area contributed by atoms with Gasteiger partial charge in [-0.1, -0.05) is 6.42 Å². The molecular formula is C14H24N2O3. The first-order valence-corrected chi connectivity index (χ1v) is 7.27. The molecule has 0 aromatic heterocycles. The van der Waals surface area contributed by atoms with E-state index in [4.69, 9.17) is 0 Å². The second-order valence-corrected chi connectivity index (χ2v) is 5.95. The molecule has 1 saturated heterocycles. The Kier molecular flexibility index (Phi) is 4.02. The number of aliphatic carboxylic acids is 1. The number of likely N-dealkylation sites (tertiary alicyclic amines) is 1. The van der Waals surface area contributed by atoms with Crippen molar-refractivity contribution >= 4 is 12.0 Å². The van der Waals surface area contributed by atoms with E-state index in [-0.39, 0.29) is 18.0 Å². The third kappa shape index (κ3) is 2.42. The maximum absolute atomic E-state index is 12.6. The van der Waals surface area contributed by atoms with Crippen LogP contribution < -0.4 is 0 Å².